The van der Waals surface area contributed by atoms with Gasteiger partial charge in [0.1, 0.15) is 17.2 Å². The van der Waals surface area contributed by atoms with Crippen LogP contribution in [0.2, 0.25) is 0 Å². The Morgan fingerprint density at radius 1 is 0.875 bits per heavy atom. The average Bonchev–Trinajstić information content (AvgIpc) is 2.67. The van der Waals surface area contributed by atoms with E-state index in [9.17, 15) is 4.79 Å². The molecule has 0 saturated heterocycles. The first-order valence-electron chi connectivity index (χ1n) is 12.9. The number of hydrogen-bond donors (Lipinski definition) is 1. The number of unbranched alkanes of at least 4 members (excludes halogenated alkanes) is 11. The lowest BCUT2D eigenvalue weighted by Gasteiger charge is -2.29. The molecule has 32 heavy (non-hydrogen) atoms. The van der Waals surface area contributed by atoms with Gasteiger partial charge in [0.05, 0.1) is 12.7 Å². The summed E-state index contributed by atoms with van der Waals surface area (Å²) in [6, 6.07) is 0. The third-order valence-corrected chi connectivity index (χ3v) is 5.31. The largest absolute Gasteiger partial charge is 0.460 e. The number of methoxy groups -OCH3 is 1. The highest BCUT2D eigenvalue weighted by Crippen LogP contribution is 2.19. The smallest absolute Gasteiger partial charge is 0.314 e. The fourth-order valence-electron chi connectivity index (χ4n) is 3.51. The molecule has 2 atom stereocenters. The SMILES string of the molecule is CCCCCCCCCCCCCC=C[C@@H](OC)C(COC(C)(C)N)C(=O)OC(C)(C)C. The molecule has 0 aromatic carbocycles. The van der Waals surface area contributed by atoms with Gasteiger partial charge in [-0.15, -0.1) is 0 Å². The van der Waals surface area contributed by atoms with Crippen molar-refractivity contribution in [3.05, 3.63) is 12.2 Å². The molecule has 1 unspecified atom stereocenters. The summed E-state index contributed by atoms with van der Waals surface area (Å²) in [4.78, 5) is 12.8. The van der Waals surface area contributed by atoms with Crippen LogP contribution < -0.4 is 5.73 Å². The van der Waals surface area contributed by atoms with Gasteiger partial charge in [0.2, 0.25) is 0 Å². The van der Waals surface area contributed by atoms with Crippen LogP contribution in [0.1, 0.15) is 119 Å². The summed E-state index contributed by atoms with van der Waals surface area (Å²) in [6.07, 6.45) is 19.4. The molecule has 190 valence electrons. The Morgan fingerprint density at radius 3 is 1.81 bits per heavy atom. The number of hydrogen-bond acceptors (Lipinski definition) is 5. The van der Waals surface area contributed by atoms with Gasteiger partial charge in [0.15, 0.2) is 0 Å². The van der Waals surface area contributed by atoms with Crippen LogP contribution in [0.4, 0.5) is 0 Å². The Hall–Kier alpha value is -0.910. The second kappa shape index (κ2) is 17.6. The average molecular weight is 456 g/mol. The van der Waals surface area contributed by atoms with Crippen LogP contribution >= 0.6 is 0 Å². The molecule has 0 bridgehead atoms. The summed E-state index contributed by atoms with van der Waals surface area (Å²) in [5.74, 6) is -0.886. The van der Waals surface area contributed by atoms with E-state index in [0.717, 1.165) is 12.8 Å². The molecular formula is C27H53NO4. The molecule has 0 fully saturated rings. The lowest BCUT2D eigenvalue weighted by Crippen LogP contribution is -2.43. The van der Waals surface area contributed by atoms with Gasteiger partial charge >= 0.3 is 5.97 Å². The van der Waals surface area contributed by atoms with Crippen molar-refractivity contribution in [2.45, 2.75) is 136 Å². The zero-order valence-corrected chi connectivity index (χ0v) is 22.2. The topological polar surface area (TPSA) is 70.8 Å². The molecule has 0 radical (unpaired) electrons. The predicted octanol–water partition coefficient (Wildman–Crippen LogP) is 6.93. The first kappa shape index (κ1) is 31.1. The van der Waals surface area contributed by atoms with Crippen molar-refractivity contribution >= 4 is 5.97 Å². The maximum atomic E-state index is 12.8. The summed E-state index contributed by atoms with van der Waals surface area (Å²) < 4.78 is 16.9. The third-order valence-electron chi connectivity index (χ3n) is 5.31. The number of carbonyl (C=O) groups excluding carboxylic acids is 1. The van der Waals surface area contributed by atoms with Crippen molar-refractivity contribution < 1.29 is 19.0 Å². The van der Waals surface area contributed by atoms with Crippen LogP contribution in [-0.4, -0.2) is 37.1 Å². The van der Waals surface area contributed by atoms with Gasteiger partial charge in [-0.3, -0.25) is 4.79 Å². The highest BCUT2D eigenvalue weighted by Gasteiger charge is 2.32. The Labute approximate surface area is 198 Å². The summed E-state index contributed by atoms with van der Waals surface area (Å²) >= 11 is 0. The van der Waals surface area contributed by atoms with Crippen molar-refractivity contribution in [1.29, 1.82) is 0 Å². The Balaban J connectivity index is 4.35. The van der Waals surface area contributed by atoms with Gasteiger partial charge in [0.25, 0.3) is 0 Å². The van der Waals surface area contributed by atoms with Crippen LogP contribution in [0.15, 0.2) is 12.2 Å². The zero-order valence-electron chi connectivity index (χ0n) is 22.2. The van der Waals surface area contributed by atoms with Gasteiger partial charge in [-0.2, -0.15) is 0 Å². The van der Waals surface area contributed by atoms with E-state index in [0.29, 0.717) is 0 Å². The van der Waals surface area contributed by atoms with Crippen molar-refractivity contribution in [3.63, 3.8) is 0 Å². The van der Waals surface area contributed by atoms with Crippen LogP contribution in [0.5, 0.6) is 0 Å². The summed E-state index contributed by atoms with van der Waals surface area (Å²) in [5.41, 5.74) is 4.56. The van der Waals surface area contributed by atoms with E-state index in [1.54, 1.807) is 21.0 Å². The highest BCUT2D eigenvalue weighted by molar-refractivity contribution is 5.74. The monoisotopic (exact) mass is 455 g/mol. The molecule has 0 rings (SSSR count). The van der Waals surface area contributed by atoms with Crippen LogP contribution in [0.25, 0.3) is 0 Å². The van der Waals surface area contributed by atoms with E-state index in [1.165, 1.54) is 64.2 Å². The fraction of sp³-hybridized carbons (Fsp3) is 0.889. The molecule has 0 aliphatic rings. The molecule has 0 spiro atoms. The Kier molecular flexibility index (Phi) is 17.1. The van der Waals surface area contributed by atoms with Crippen LogP contribution in [0.3, 0.4) is 0 Å². The molecule has 0 saturated carbocycles. The lowest BCUT2D eigenvalue weighted by molar-refractivity contribution is -0.169. The van der Waals surface area contributed by atoms with Crippen molar-refractivity contribution in [1.82, 2.24) is 0 Å². The summed E-state index contributed by atoms with van der Waals surface area (Å²) in [6.45, 7) is 11.5. The number of rotatable bonds is 19. The third kappa shape index (κ3) is 18.6. The quantitative estimate of drug-likeness (QED) is 0.0989. The van der Waals surface area contributed by atoms with Gasteiger partial charge in [0, 0.05) is 7.11 Å². The predicted molar refractivity (Wildman–Crippen MR) is 135 cm³/mol. The zero-order chi connectivity index (χ0) is 24.5. The molecule has 0 aromatic heterocycles. The standard InChI is InChI=1S/C27H53NO4/c1-8-9-10-11-12-13-14-15-16-17-18-19-20-21-24(30-7)23(22-31-27(5,6)28)25(29)32-26(2,3)4/h20-21,23-24H,8-19,22,28H2,1-7H3/t23?,24-/m1/s1. The first-order valence-corrected chi connectivity index (χ1v) is 12.9. The van der Waals surface area contributed by atoms with E-state index >= 15 is 0 Å². The molecule has 0 heterocycles. The molecule has 2 N–H and O–H groups in total. The molecule has 5 nitrogen and oxygen atoms in total. The van der Waals surface area contributed by atoms with Crippen molar-refractivity contribution in [3.8, 4) is 0 Å². The minimum atomic E-state index is -0.822. The Morgan fingerprint density at radius 2 is 1.38 bits per heavy atom. The molecule has 5 heteroatoms. The van der Waals surface area contributed by atoms with Gasteiger partial charge in [-0.05, 0) is 47.5 Å². The van der Waals surface area contributed by atoms with Crippen molar-refractivity contribution in [2.75, 3.05) is 13.7 Å². The summed E-state index contributed by atoms with van der Waals surface area (Å²) in [5, 5.41) is 0. The fourth-order valence-corrected chi connectivity index (χ4v) is 3.51. The second-order valence-electron chi connectivity index (χ2n) is 10.5. The number of esters is 1. The highest BCUT2D eigenvalue weighted by atomic mass is 16.6. The van der Waals surface area contributed by atoms with Crippen LogP contribution in [-0.2, 0) is 19.0 Å². The van der Waals surface area contributed by atoms with Crippen LogP contribution in [0, 0.1) is 5.92 Å². The van der Waals surface area contributed by atoms with E-state index in [4.69, 9.17) is 19.9 Å². The minimum Gasteiger partial charge on any atom is -0.460 e. The van der Waals surface area contributed by atoms with Crippen molar-refractivity contribution in [2.24, 2.45) is 11.7 Å². The maximum absolute atomic E-state index is 12.8. The van der Waals surface area contributed by atoms with E-state index in [2.05, 4.69) is 13.0 Å². The summed E-state index contributed by atoms with van der Waals surface area (Å²) in [7, 11) is 1.61. The minimum absolute atomic E-state index is 0.152. The normalized spacial score (nSPS) is 14.6. The molecule has 0 aromatic rings. The molecule has 0 aliphatic heterocycles. The maximum Gasteiger partial charge on any atom is 0.314 e. The first-order chi connectivity index (χ1) is 15.0. The lowest BCUT2D eigenvalue weighted by atomic mass is 10.0. The van der Waals surface area contributed by atoms with Gasteiger partial charge in [-0.25, -0.2) is 0 Å². The second-order valence-corrected chi connectivity index (χ2v) is 10.5. The number of allylic oxidation sites excluding steroid dienone is 1. The van der Waals surface area contributed by atoms with E-state index in [-0.39, 0.29) is 12.6 Å². The number of ether oxygens (including phenoxy) is 3. The van der Waals surface area contributed by atoms with E-state index < -0.39 is 23.3 Å². The van der Waals surface area contributed by atoms with E-state index in [1.807, 2.05) is 26.8 Å². The Bertz CT molecular complexity index is 491. The molecule has 0 amide bonds. The van der Waals surface area contributed by atoms with Gasteiger partial charge in [-0.1, -0.05) is 83.3 Å². The van der Waals surface area contributed by atoms with Gasteiger partial charge < -0.3 is 19.9 Å². The molecular weight excluding hydrogens is 402 g/mol. The molecule has 0 aliphatic carbocycles. The number of nitrogens with two attached hydrogens (primary N) is 1. The number of carbonyl (C=O) groups is 1.